The molecule has 4 aromatic rings. The summed E-state index contributed by atoms with van der Waals surface area (Å²) >= 11 is 7.38. The Morgan fingerprint density at radius 2 is 2.00 bits per heavy atom. The van der Waals surface area contributed by atoms with Crippen LogP contribution in [0.15, 0.2) is 30.3 Å². The second-order valence-electron chi connectivity index (χ2n) is 6.70. The molecule has 134 valence electrons. The van der Waals surface area contributed by atoms with Crippen molar-refractivity contribution in [1.29, 1.82) is 0 Å². The number of nitrogens with one attached hydrogen (secondary N) is 1. The first-order chi connectivity index (χ1) is 12.4. The summed E-state index contributed by atoms with van der Waals surface area (Å²) in [6.07, 6.45) is 0. The van der Waals surface area contributed by atoms with Gasteiger partial charge in [-0.1, -0.05) is 12.1 Å². The number of quaternary nitrogens is 1. The fourth-order valence-corrected chi connectivity index (χ4v) is 4.54. The molecule has 0 radical (unpaired) electrons. The molecule has 0 aliphatic carbocycles. The SMILES string of the molecule is Cc1cc(C)n2c(=S)n(C[NH+](C)[C@@H](C)c3nc4ccccc4s3)nc2n1. The van der Waals surface area contributed by atoms with Crippen LogP contribution in [0.4, 0.5) is 0 Å². The lowest BCUT2D eigenvalue weighted by Crippen LogP contribution is -3.08. The van der Waals surface area contributed by atoms with Crippen LogP contribution < -0.4 is 4.90 Å². The van der Waals surface area contributed by atoms with Gasteiger partial charge in [0, 0.05) is 11.4 Å². The minimum Gasteiger partial charge on any atom is -0.311 e. The first kappa shape index (κ1) is 17.3. The van der Waals surface area contributed by atoms with Gasteiger partial charge in [0.05, 0.1) is 17.3 Å². The number of hydrogen-bond donors (Lipinski definition) is 1. The smallest absolute Gasteiger partial charge is 0.254 e. The molecule has 0 saturated carbocycles. The maximum atomic E-state index is 5.63. The van der Waals surface area contributed by atoms with Crippen LogP contribution in [0.3, 0.4) is 0 Å². The first-order valence-electron chi connectivity index (χ1n) is 8.55. The van der Waals surface area contributed by atoms with E-state index in [0.29, 0.717) is 17.2 Å². The van der Waals surface area contributed by atoms with Crippen molar-refractivity contribution in [1.82, 2.24) is 24.1 Å². The summed E-state index contributed by atoms with van der Waals surface area (Å²) in [7, 11) is 2.15. The molecular weight excluding hydrogens is 364 g/mol. The molecule has 8 heteroatoms. The van der Waals surface area contributed by atoms with Crippen molar-refractivity contribution in [3.63, 3.8) is 0 Å². The van der Waals surface area contributed by atoms with Crippen LogP contribution in [0.25, 0.3) is 16.0 Å². The van der Waals surface area contributed by atoms with Crippen LogP contribution in [-0.4, -0.2) is 31.2 Å². The highest BCUT2D eigenvalue weighted by Gasteiger charge is 2.21. The monoisotopic (exact) mass is 385 g/mol. The standard InChI is InChI=1S/C18H20N6S2/c1-11-9-12(2)24-17(19-11)21-23(18(24)25)10-22(4)13(3)16-20-14-7-5-6-8-15(14)26-16/h5-9,13H,10H2,1-4H3/p+1/t13-/m0/s1. The summed E-state index contributed by atoms with van der Waals surface area (Å²) < 4.78 is 5.70. The fourth-order valence-electron chi connectivity index (χ4n) is 3.10. The number of hydrogen-bond acceptors (Lipinski definition) is 5. The Balaban J connectivity index is 1.64. The van der Waals surface area contributed by atoms with Gasteiger partial charge in [0.1, 0.15) is 6.04 Å². The molecule has 3 heterocycles. The molecule has 0 aliphatic heterocycles. The zero-order chi connectivity index (χ0) is 18.4. The van der Waals surface area contributed by atoms with Crippen molar-refractivity contribution >= 4 is 39.5 Å². The van der Waals surface area contributed by atoms with Gasteiger partial charge < -0.3 is 4.90 Å². The first-order valence-corrected chi connectivity index (χ1v) is 9.78. The summed E-state index contributed by atoms with van der Waals surface area (Å²) in [6.45, 7) is 6.86. The van der Waals surface area contributed by atoms with Gasteiger partial charge in [-0.25, -0.2) is 9.97 Å². The van der Waals surface area contributed by atoms with Gasteiger partial charge in [-0.3, -0.25) is 4.40 Å². The highest BCUT2D eigenvalue weighted by molar-refractivity contribution is 7.71. The zero-order valence-electron chi connectivity index (χ0n) is 15.2. The lowest BCUT2D eigenvalue weighted by atomic mass is 10.3. The van der Waals surface area contributed by atoms with Crippen LogP contribution in [0.2, 0.25) is 0 Å². The van der Waals surface area contributed by atoms with E-state index >= 15 is 0 Å². The van der Waals surface area contributed by atoms with E-state index in [0.717, 1.165) is 21.9 Å². The molecule has 2 atom stereocenters. The summed E-state index contributed by atoms with van der Waals surface area (Å²) in [5.41, 5.74) is 3.07. The summed E-state index contributed by atoms with van der Waals surface area (Å²) in [5, 5.41) is 5.75. The van der Waals surface area contributed by atoms with Gasteiger partial charge in [-0.15, -0.1) is 16.4 Å². The Kier molecular flexibility index (Phi) is 4.34. The lowest BCUT2D eigenvalue weighted by Gasteiger charge is -2.19. The molecular formula is C18H21N6S2+. The molecule has 0 bridgehead atoms. The van der Waals surface area contributed by atoms with Crippen LogP contribution in [0.5, 0.6) is 0 Å². The third-order valence-electron chi connectivity index (χ3n) is 4.69. The predicted octanol–water partition coefficient (Wildman–Crippen LogP) is 2.72. The quantitative estimate of drug-likeness (QED) is 0.549. The highest BCUT2D eigenvalue weighted by atomic mass is 32.1. The van der Waals surface area contributed by atoms with Crippen molar-refractivity contribution < 1.29 is 4.90 Å². The number of benzene rings is 1. The molecule has 0 saturated heterocycles. The molecule has 1 N–H and O–H groups in total. The molecule has 1 unspecified atom stereocenters. The Labute approximate surface area is 160 Å². The van der Waals surface area contributed by atoms with E-state index in [-0.39, 0.29) is 6.04 Å². The second-order valence-corrected chi connectivity index (χ2v) is 8.13. The number of aromatic nitrogens is 5. The molecule has 0 spiro atoms. The third-order valence-corrected chi connectivity index (χ3v) is 6.30. The largest absolute Gasteiger partial charge is 0.311 e. The van der Waals surface area contributed by atoms with E-state index in [1.807, 2.05) is 35.1 Å². The molecule has 1 aromatic carbocycles. The van der Waals surface area contributed by atoms with Crippen molar-refractivity contribution in [2.24, 2.45) is 0 Å². The van der Waals surface area contributed by atoms with Crippen LogP contribution in [0.1, 0.15) is 29.4 Å². The van der Waals surface area contributed by atoms with Crippen LogP contribution in [-0.2, 0) is 6.67 Å². The van der Waals surface area contributed by atoms with Gasteiger partial charge in [-0.2, -0.15) is 4.68 Å². The lowest BCUT2D eigenvalue weighted by molar-refractivity contribution is -0.933. The zero-order valence-corrected chi connectivity index (χ0v) is 16.9. The van der Waals surface area contributed by atoms with Gasteiger partial charge in [0.15, 0.2) is 11.7 Å². The average Bonchev–Trinajstić information content (AvgIpc) is 3.15. The van der Waals surface area contributed by atoms with Crippen molar-refractivity contribution in [2.75, 3.05) is 7.05 Å². The van der Waals surface area contributed by atoms with Crippen molar-refractivity contribution in [2.45, 2.75) is 33.5 Å². The van der Waals surface area contributed by atoms with Crippen molar-refractivity contribution in [3.8, 4) is 0 Å². The van der Waals surface area contributed by atoms with Gasteiger partial charge in [0.25, 0.3) is 5.78 Å². The molecule has 6 nitrogen and oxygen atoms in total. The van der Waals surface area contributed by atoms with Gasteiger partial charge in [-0.05, 0) is 51.2 Å². The topological polar surface area (TPSA) is 52.5 Å². The van der Waals surface area contributed by atoms with E-state index in [4.69, 9.17) is 17.2 Å². The average molecular weight is 386 g/mol. The minimum absolute atomic E-state index is 0.245. The molecule has 0 amide bonds. The predicted molar refractivity (Wildman–Crippen MR) is 106 cm³/mol. The number of para-hydroxylation sites is 1. The molecule has 3 aromatic heterocycles. The minimum atomic E-state index is 0.245. The fraction of sp³-hybridized carbons (Fsp3) is 0.333. The third kappa shape index (κ3) is 2.94. The number of rotatable bonds is 4. The van der Waals surface area contributed by atoms with Gasteiger partial charge in [0.2, 0.25) is 4.77 Å². The van der Waals surface area contributed by atoms with Crippen LogP contribution >= 0.6 is 23.6 Å². The maximum Gasteiger partial charge on any atom is 0.254 e. The number of thiazole rings is 1. The summed E-state index contributed by atoms with van der Waals surface area (Å²) in [5.74, 6) is 0.660. The number of nitrogens with zero attached hydrogens (tertiary/aromatic N) is 5. The molecule has 0 fully saturated rings. The summed E-state index contributed by atoms with van der Waals surface area (Å²) in [4.78, 5) is 10.6. The number of aryl methyl sites for hydroxylation is 2. The van der Waals surface area contributed by atoms with Crippen LogP contribution in [0, 0.1) is 18.6 Å². The molecule has 4 rings (SSSR count). The van der Waals surface area contributed by atoms with E-state index < -0.39 is 0 Å². The van der Waals surface area contributed by atoms with E-state index in [1.165, 1.54) is 9.60 Å². The Hall–Kier alpha value is -2.16. The molecule has 0 aliphatic rings. The normalized spacial score (nSPS) is 14.2. The Morgan fingerprint density at radius 1 is 1.23 bits per heavy atom. The van der Waals surface area contributed by atoms with Gasteiger partial charge >= 0.3 is 0 Å². The van der Waals surface area contributed by atoms with Crippen molar-refractivity contribution in [3.05, 3.63) is 51.5 Å². The highest BCUT2D eigenvalue weighted by Crippen LogP contribution is 2.24. The Morgan fingerprint density at radius 3 is 2.77 bits per heavy atom. The van der Waals surface area contributed by atoms with E-state index in [1.54, 1.807) is 11.3 Å². The Bertz CT molecular complexity index is 1120. The second kappa shape index (κ2) is 6.53. The number of fused-ring (bicyclic) bond motifs is 2. The molecule has 26 heavy (non-hydrogen) atoms. The van der Waals surface area contributed by atoms with E-state index in [2.05, 4.69) is 42.3 Å². The van der Waals surface area contributed by atoms with E-state index in [9.17, 15) is 0 Å². The maximum absolute atomic E-state index is 5.63. The summed E-state index contributed by atoms with van der Waals surface area (Å²) in [6, 6.07) is 10.5.